The summed E-state index contributed by atoms with van der Waals surface area (Å²) >= 11 is 0. The molecular weight excluding hydrogens is 230 g/mol. The Morgan fingerprint density at radius 2 is 2.06 bits per heavy atom. The molecule has 0 heterocycles. The van der Waals surface area contributed by atoms with E-state index in [1.54, 1.807) is 7.11 Å². The zero-order valence-electron chi connectivity index (χ0n) is 10.6. The van der Waals surface area contributed by atoms with Crippen LogP contribution in [0.3, 0.4) is 0 Å². The van der Waals surface area contributed by atoms with Crippen molar-refractivity contribution >= 4 is 5.97 Å². The zero-order chi connectivity index (χ0) is 13.2. The summed E-state index contributed by atoms with van der Waals surface area (Å²) in [4.78, 5) is 11.0. The predicted molar refractivity (Wildman–Crippen MR) is 68.6 cm³/mol. The molecular formula is C14H19NO3. The van der Waals surface area contributed by atoms with Crippen LogP contribution in [-0.4, -0.2) is 30.3 Å². The molecule has 0 aliphatic heterocycles. The number of ether oxygens (including phenoxy) is 1. The number of carboxylic acid groups (broad SMARTS) is 1. The molecule has 1 saturated carbocycles. The average molecular weight is 249 g/mol. The van der Waals surface area contributed by atoms with Crippen LogP contribution in [0.25, 0.3) is 0 Å². The molecule has 1 fully saturated rings. The first-order valence-electron chi connectivity index (χ1n) is 6.17. The minimum absolute atomic E-state index is 0.0293. The fraction of sp³-hybridized carbons (Fsp3) is 0.500. The standard InChI is InChI=1S/C14H19NO3/c1-18-14(6-7-14)8-10-2-4-11(5-3-10)12(9-15)13(16)17/h2-5,12H,6-9,15H2,1H3,(H,16,17). The van der Waals surface area contributed by atoms with Gasteiger partial charge in [-0.25, -0.2) is 0 Å². The Balaban J connectivity index is 2.07. The Hall–Kier alpha value is -1.39. The van der Waals surface area contributed by atoms with Crippen LogP contribution in [-0.2, 0) is 16.0 Å². The maximum atomic E-state index is 11.0. The first kappa shape index (κ1) is 13.1. The molecule has 0 radical (unpaired) electrons. The number of rotatable bonds is 6. The molecule has 1 unspecified atom stereocenters. The lowest BCUT2D eigenvalue weighted by Gasteiger charge is -2.14. The molecule has 4 heteroatoms. The van der Waals surface area contributed by atoms with Crippen molar-refractivity contribution in [3.63, 3.8) is 0 Å². The number of aliphatic carboxylic acids is 1. The third kappa shape index (κ3) is 2.71. The number of hydrogen-bond acceptors (Lipinski definition) is 3. The molecule has 0 saturated heterocycles. The molecule has 3 N–H and O–H groups in total. The molecule has 2 rings (SSSR count). The van der Waals surface area contributed by atoms with Gasteiger partial charge in [-0.1, -0.05) is 24.3 Å². The fourth-order valence-corrected chi connectivity index (χ4v) is 2.21. The largest absolute Gasteiger partial charge is 0.481 e. The summed E-state index contributed by atoms with van der Waals surface area (Å²) in [6, 6.07) is 7.65. The van der Waals surface area contributed by atoms with E-state index >= 15 is 0 Å². The van der Waals surface area contributed by atoms with Gasteiger partial charge >= 0.3 is 5.97 Å². The molecule has 1 aromatic rings. The second-order valence-corrected chi connectivity index (χ2v) is 4.93. The molecule has 0 amide bonds. The maximum absolute atomic E-state index is 11.0. The van der Waals surface area contributed by atoms with E-state index in [1.807, 2.05) is 24.3 Å². The lowest BCUT2D eigenvalue weighted by molar-refractivity contribution is -0.138. The molecule has 0 aromatic heterocycles. The minimum atomic E-state index is -0.874. The van der Waals surface area contributed by atoms with Crippen molar-refractivity contribution < 1.29 is 14.6 Å². The second kappa shape index (κ2) is 5.08. The van der Waals surface area contributed by atoms with Crippen LogP contribution in [0.2, 0.25) is 0 Å². The van der Waals surface area contributed by atoms with E-state index in [9.17, 15) is 4.79 Å². The molecule has 98 valence electrons. The molecule has 4 nitrogen and oxygen atoms in total. The first-order valence-corrected chi connectivity index (χ1v) is 6.17. The fourth-order valence-electron chi connectivity index (χ4n) is 2.21. The van der Waals surface area contributed by atoms with Crippen LogP contribution in [0.5, 0.6) is 0 Å². The number of methoxy groups -OCH3 is 1. The quantitative estimate of drug-likeness (QED) is 0.802. The van der Waals surface area contributed by atoms with Gasteiger partial charge in [0.2, 0.25) is 0 Å². The monoisotopic (exact) mass is 249 g/mol. The number of nitrogens with two attached hydrogens (primary N) is 1. The summed E-state index contributed by atoms with van der Waals surface area (Å²) in [5.74, 6) is -1.49. The number of carboxylic acids is 1. The van der Waals surface area contributed by atoms with Crippen molar-refractivity contribution in [2.75, 3.05) is 13.7 Å². The Kier molecular flexibility index (Phi) is 3.68. The van der Waals surface area contributed by atoms with Crippen molar-refractivity contribution in [2.45, 2.75) is 30.8 Å². The molecule has 1 atom stereocenters. The smallest absolute Gasteiger partial charge is 0.312 e. The molecule has 1 aliphatic rings. The highest BCUT2D eigenvalue weighted by molar-refractivity contribution is 5.76. The third-order valence-electron chi connectivity index (χ3n) is 3.68. The highest BCUT2D eigenvalue weighted by Gasteiger charge is 2.42. The van der Waals surface area contributed by atoms with Crippen molar-refractivity contribution in [2.24, 2.45) is 5.73 Å². The van der Waals surface area contributed by atoms with Crippen molar-refractivity contribution in [1.82, 2.24) is 0 Å². The second-order valence-electron chi connectivity index (χ2n) is 4.93. The maximum Gasteiger partial charge on any atom is 0.312 e. The van der Waals surface area contributed by atoms with E-state index in [-0.39, 0.29) is 12.1 Å². The van der Waals surface area contributed by atoms with E-state index in [4.69, 9.17) is 15.6 Å². The first-order chi connectivity index (χ1) is 8.60. The van der Waals surface area contributed by atoms with Crippen LogP contribution in [0.4, 0.5) is 0 Å². The lowest BCUT2D eigenvalue weighted by Crippen LogP contribution is -2.21. The van der Waals surface area contributed by atoms with E-state index < -0.39 is 11.9 Å². The predicted octanol–water partition coefficient (Wildman–Crippen LogP) is 1.53. The molecule has 1 aromatic carbocycles. The third-order valence-corrected chi connectivity index (χ3v) is 3.68. The van der Waals surface area contributed by atoms with Gasteiger partial charge in [0.25, 0.3) is 0 Å². The van der Waals surface area contributed by atoms with Crippen molar-refractivity contribution in [3.8, 4) is 0 Å². The van der Waals surface area contributed by atoms with Gasteiger partial charge in [0, 0.05) is 20.1 Å². The number of carbonyl (C=O) groups is 1. The van der Waals surface area contributed by atoms with Crippen LogP contribution in [0, 0.1) is 0 Å². The number of benzene rings is 1. The van der Waals surface area contributed by atoms with E-state index in [0.717, 1.165) is 24.8 Å². The Morgan fingerprint density at radius 1 is 1.44 bits per heavy atom. The van der Waals surface area contributed by atoms with Gasteiger partial charge in [0.05, 0.1) is 11.5 Å². The Labute approximate surface area is 107 Å². The average Bonchev–Trinajstić information content (AvgIpc) is 3.12. The highest BCUT2D eigenvalue weighted by atomic mass is 16.5. The lowest BCUT2D eigenvalue weighted by atomic mass is 9.96. The normalized spacial score (nSPS) is 18.3. The Morgan fingerprint density at radius 3 is 2.44 bits per heavy atom. The zero-order valence-corrected chi connectivity index (χ0v) is 10.6. The van der Waals surface area contributed by atoms with Gasteiger partial charge in [-0.2, -0.15) is 0 Å². The summed E-state index contributed by atoms with van der Waals surface area (Å²) in [5, 5.41) is 9.03. The van der Waals surface area contributed by atoms with E-state index in [0.29, 0.717) is 0 Å². The van der Waals surface area contributed by atoms with Gasteiger partial charge in [0.1, 0.15) is 0 Å². The topological polar surface area (TPSA) is 72.5 Å². The Bertz CT molecular complexity index is 423. The summed E-state index contributed by atoms with van der Waals surface area (Å²) < 4.78 is 5.48. The van der Waals surface area contributed by atoms with Crippen molar-refractivity contribution in [3.05, 3.63) is 35.4 Å². The van der Waals surface area contributed by atoms with Crippen LogP contribution >= 0.6 is 0 Å². The summed E-state index contributed by atoms with van der Waals surface area (Å²) in [5.41, 5.74) is 7.45. The van der Waals surface area contributed by atoms with Gasteiger partial charge in [-0.05, 0) is 24.0 Å². The summed E-state index contributed by atoms with van der Waals surface area (Å²) in [6.07, 6.45) is 3.10. The van der Waals surface area contributed by atoms with Gasteiger partial charge in [-0.15, -0.1) is 0 Å². The van der Waals surface area contributed by atoms with E-state index in [1.165, 1.54) is 5.56 Å². The van der Waals surface area contributed by atoms with Gasteiger partial charge in [0.15, 0.2) is 0 Å². The van der Waals surface area contributed by atoms with Gasteiger partial charge in [-0.3, -0.25) is 4.79 Å². The number of hydrogen-bond donors (Lipinski definition) is 2. The summed E-state index contributed by atoms with van der Waals surface area (Å²) in [7, 11) is 1.75. The van der Waals surface area contributed by atoms with Crippen LogP contribution < -0.4 is 5.73 Å². The summed E-state index contributed by atoms with van der Waals surface area (Å²) in [6.45, 7) is 0.122. The van der Waals surface area contributed by atoms with Crippen LogP contribution in [0.1, 0.15) is 29.9 Å². The SMILES string of the molecule is COC1(Cc2ccc(C(CN)C(=O)O)cc2)CC1. The van der Waals surface area contributed by atoms with Crippen molar-refractivity contribution in [1.29, 1.82) is 0 Å². The van der Waals surface area contributed by atoms with Crippen LogP contribution in [0.15, 0.2) is 24.3 Å². The minimum Gasteiger partial charge on any atom is -0.481 e. The molecule has 0 spiro atoms. The molecule has 18 heavy (non-hydrogen) atoms. The highest BCUT2D eigenvalue weighted by Crippen LogP contribution is 2.41. The molecule has 0 bridgehead atoms. The van der Waals surface area contributed by atoms with E-state index in [2.05, 4.69) is 0 Å². The molecule has 1 aliphatic carbocycles. The van der Waals surface area contributed by atoms with Gasteiger partial charge < -0.3 is 15.6 Å².